The van der Waals surface area contributed by atoms with Gasteiger partial charge in [-0.2, -0.15) is 0 Å². The van der Waals surface area contributed by atoms with E-state index < -0.39 is 0 Å². The summed E-state index contributed by atoms with van der Waals surface area (Å²) in [7, 11) is 0. The highest BCUT2D eigenvalue weighted by Gasteiger charge is 2.18. The topological polar surface area (TPSA) is 24.9 Å². The SMILES string of the molecule is Clc1cc(C2CCNCC2)c(Cl)cn1. The lowest BCUT2D eigenvalue weighted by Gasteiger charge is -2.23. The fourth-order valence-corrected chi connectivity index (χ4v) is 2.30. The number of pyridine rings is 1. The van der Waals surface area contributed by atoms with E-state index in [-0.39, 0.29) is 0 Å². The van der Waals surface area contributed by atoms with Gasteiger partial charge in [0, 0.05) is 6.20 Å². The molecule has 14 heavy (non-hydrogen) atoms. The third kappa shape index (κ3) is 2.19. The minimum atomic E-state index is 0.530. The van der Waals surface area contributed by atoms with Crippen LogP contribution < -0.4 is 5.32 Å². The predicted octanol–water partition coefficient (Wildman–Crippen LogP) is 2.86. The summed E-state index contributed by atoms with van der Waals surface area (Å²) in [5, 5.41) is 4.59. The largest absolute Gasteiger partial charge is 0.317 e. The molecular formula is C10H12Cl2N2. The fourth-order valence-electron chi connectivity index (χ4n) is 1.87. The van der Waals surface area contributed by atoms with E-state index in [1.807, 2.05) is 6.07 Å². The summed E-state index contributed by atoms with van der Waals surface area (Å²) in [5.74, 6) is 0.532. The standard InChI is InChI=1S/C10H12Cl2N2/c11-9-6-14-10(12)5-8(9)7-1-3-13-4-2-7/h5-7,13H,1-4H2. The maximum Gasteiger partial charge on any atom is 0.129 e. The smallest absolute Gasteiger partial charge is 0.129 e. The molecule has 0 atom stereocenters. The Labute approximate surface area is 93.6 Å². The van der Waals surface area contributed by atoms with Gasteiger partial charge >= 0.3 is 0 Å². The summed E-state index contributed by atoms with van der Waals surface area (Å²) >= 11 is 11.9. The normalized spacial score (nSPS) is 18.4. The van der Waals surface area contributed by atoms with Gasteiger partial charge in [-0.3, -0.25) is 0 Å². The molecule has 1 saturated heterocycles. The predicted molar refractivity (Wildman–Crippen MR) is 59.1 cm³/mol. The van der Waals surface area contributed by atoms with Gasteiger partial charge in [0.2, 0.25) is 0 Å². The second-order valence-electron chi connectivity index (χ2n) is 3.55. The summed E-state index contributed by atoms with van der Waals surface area (Å²) in [5.41, 5.74) is 1.15. The Hall–Kier alpha value is -0.310. The number of nitrogens with one attached hydrogen (secondary N) is 1. The maximum absolute atomic E-state index is 6.09. The van der Waals surface area contributed by atoms with E-state index in [2.05, 4.69) is 10.3 Å². The Morgan fingerprint density at radius 3 is 2.71 bits per heavy atom. The number of piperidine rings is 1. The summed E-state index contributed by atoms with van der Waals surface area (Å²) in [4.78, 5) is 3.95. The number of aromatic nitrogens is 1. The van der Waals surface area contributed by atoms with Gasteiger partial charge in [-0.1, -0.05) is 23.2 Å². The van der Waals surface area contributed by atoms with Crippen molar-refractivity contribution in [3.8, 4) is 0 Å². The lowest BCUT2D eigenvalue weighted by Crippen LogP contribution is -2.26. The van der Waals surface area contributed by atoms with Crippen LogP contribution in [0.3, 0.4) is 0 Å². The van der Waals surface area contributed by atoms with Crippen LogP contribution in [0.5, 0.6) is 0 Å². The van der Waals surface area contributed by atoms with Gasteiger partial charge in [0.1, 0.15) is 5.15 Å². The van der Waals surface area contributed by atoms with Crippen molar-refractivity contribution in [3.05, 3.63) is 28.0 Å². The first-order chi connectivity index (χ1) is 6.77. The Kier molecular flexibility index (Phi) is 3.26. The molecule has 1 aromatic heterocycles. The minimum absolute atomic E-state index is 0.530. The van der Waals surface area contributed by atoms with Gasteiger partial charge in [0.15, 0.2) is 0 Å². The van der Waals surface area contributed by atoms with Crippen LogP contribution in [0.2, 0.25) is 10.2 Å². The fraction of sp³-hybridized carbons (Fsp3) is 0.500. The van der Waals surface area contributed by atoms with Crippen LogP contribution in [-0.2, 0) is 0 Å². The van der Waals surface area contributed by atoms with Crippen molar-refractivity contribution in [2.45, 2.75) is 18.8 Å². The first kappa shape index (κ1) is 10.2. The van der Waals surface area contributed by atoms with Crippen molar-refractivity contribution in [2.75, 3.05) is 13.1 Å². The van der Waals surface area contributed by atoms with Crippen molar-refractivity contribution in [1.29, 1.82) is 0 Å². The first-order valence-electron chi connectivity index (χ1n) is 4.79. The molecule has 1 aliphatic heterocycles. The summed E-state index contributed by atoms with van der Waals surface area (Å²) in [6.45, 7) is 2.11. The molecular weight excluding hydrogens is 219 g/mol. The molecule has 1 aliphatic rings. The molecule has 0 saturated carbocycles. The van der Waals surface area contributed by atoms with Crippen LogP contribution in [0.1, 0.15) is 24.3 Å². The van der Waals surface area contributed by atoms with Crippen LogP contribution in [0.15, 0.2) is 12.3 Å². The van der Waals surface area contributed by atoms with Crippen LogP contribution in [-0.4, -0.2) is 18.1 Å². The molecule has 0 aromatic carbocycles. The molecule has 2 rings (SSSR count). The highest BCUT2D eigenvalue weighted by molar-refractivity contribution is 6.32. The molecule has 0 aliphatic carbocycles. The zero-order chi connectivity index (χ0) is 9.97. The highest BCUT2D eigenvalue weighted by atomic mass is 35.5. The lowest BCUT2D eigenvalue weighted by atomic mass is 9.91. The number of rotatable bonds is 1. The molecule has 1 aromatic rings. The van der Waals surface area contributed by atoms with Crippen LogP contribution >= 0.6 is 23.2 Å². The zero-order valence-electron chi connectivity index (χ0n) is 7.76. The Balaban J connectivity index is 2.24. The van der Waals surface area contributed by atoms with Crippen molar-refractivity contribution in [2.24, 2.45) is 0 Å². The van der Waals surface area contributed by atoms with Gasteiger partial charge < -0.3 is 5.32 Å². The molecule has 4 heteroatoms. The second kappa shape index (κ2) is 4.47. The summed E-state index contributed by atoms with van der Waals surface area (Å²) in [6, 6.07) is 1.89. The van der Waals surface area contributed by atoms with E-state index in [1.165, 1.54) is 0 Å². The Bertz CT molecular complexity index is 322. The molecule has 2 heterocycles. The number of hydrogen-bond acceptors (Lipinski definition) is 2. The monoisotopic (exact) mass is 230 g/mol. The Morgan fingerprint density at radius 2 is 2.00 bits per heavy atom. The zero-order valence-corrected chi connectivity index (χ0v) is 9.28. The number of halogens is 2. The summed E-state index contributed by atoms with van der Waals surface area (Å²) in [6.07, 6.45) is 3.89. The van der Waals surface area contributed by atoms with E-state index >= 15 is 0 Å². The average molecular weight is 231 g/mol. The highest BCUT2D eigenvalue weighted by Crippen LogP contribution is 2.31. The first-order valence-corrected chi connectivity index (χ1v) is 5.54. The van der Waals surface area contributed by atoms with E-state index in [0.29, 0.717) is 11.1 Å². The molecule has 0 unspecified atom stereocenters. The molecule has 0 amide bonds. The molecule has 0 radical (unpaired) electrons. The molecule has 2 nitrogen and oxygen atoms in total. The summed E-state index contributed by atoms with van der Waals surface area (Å²) < 4.78 is 0. The van der Waals surface area contributed by atoms with Crippen LogP contribution in [0.25, 0.3) is 0 Å². The van der Waals surface area contributed by atoms with E-state index in [0.717, 1.165) is 36.5 Å². The van der Waals surface area contributed by atoms with Gasteiger partial charge in [-0.05, 0) is 43.5 Å². The molecule has 76 valence electrons. The third-order valence-electron chi connectivity index (χ3n) is 2.63. The van der Waals surface area contributed by atoms with E-state index in [4.69, 9.17) is 23.2 Å². The minimum Gasteiger partial charge on any atom is -0.317 e. The lowest BCUT2D eigenvalue weighted by molar-refractivity contribution is 0.460. The van der Waals surface area contributed by atoms with E-state index in [9.17, 15) is 0 Å². The molecule has 0 spiro atoms. The number of hydrogen-bond donors (Lipinski definition) is 1. The average Bonchev–Trinajstić information content (AvgIpc) is 2.23. The second-order valence-corrected chi connectivity index (χ2v) is 4.35. The molecule has 0 bridgehead atoms. The van der Waals surface area contributed by atoms with Gasteiger partial charge in [-0.25, -0.2) is 4.98 Å². The van der Waals surface area contributed by atoms with Crippen molar-refractivity contribution >= 4 is 23.2 Å². The molecule has 1 N–H and O–H groups in total. The van der Waals surface area contributed by atoms with Gasteiger partial charge in [0.25, 0.3) is 0 Å². The van der Waals surface area contributed by atoms with E-state index in [1.54, 1.807) is 6.20 Å². The maximum atomic E-state index is 6.09. The van der Waals surface area contributed by atoms with Crippen molar-refractivity contribution in [1.82, 2.24) is 10.3 Å². The molecule has 1 fully saturated rings. The quantitative estimate of drug-likeness (QED) is 0.751. The third-order valence-corrected chi connectivity index (χ3v) is 3.15. The van der Waals surface area contributed by atoms with Crippen LogP contribution in [0, 0.1) is 0 Å². The Morgan fingerprint density at radius 1 is 1.29 bits per heavy atom. The number of nitrogens with zero attached hydrogens (tertiary/aromatic N) is 1. The van der Waals surface area contributed by atoms with Crippen molar-refractivity contribution in [3.63, 3.8) is 0 Å². The van der Waals surface area contributed by atoms with Gasteiger partial charge in [0.05, 0.1) is 5.02 Å². The van der Waals surface area contributed by atoms with Crippen molar-refractivity contribution < 1.29 is 0 Å². The van der Waals surface area contributed by atoms with Gasteiger partial charge in [-0.15, -0.1) is 0 Å². The van der Waals surface area contributed by atoms with Crippen LogP contribution in [0.4, 0.5) is 0 Å².